The Balaban J connectivity index is 1.49. The minimum absolute atomic E-state index is 0.00997. The average molecular weight is 549 g/mol. The molecule has 1 heterocycles. The lowest BCUT2D eigenvalue weighted by molar-refractivity contribution is -0.144. The van der Waals surface area contributed by atoms with Crippen LogP contribution in [0.2, 0.25) is 0 Å². The Hall–Kier alpha value is -3.44. The van der Waals surface area contributed by atoms with E-state index < -0.39 is 48.8 Å². The molecule has 3 fully saturated rings. The fraction of sp³-hybridized carbons (Fsp3) is 0.593. The maximum atomic E-state index is 13.6. The number of nitrogens with one attached hydrogen (secondary N) is 3. The van der Waals surface area contributed by atoms with Crippen LogP contribution in [-0.4, -0.2) is 47.7 Å². The summed E-state index contributed by atoms with van der Waals surface area (Å²) in [7, 11) is 1.47. The molecular weight excluding hydrogens is 513 g/mol. The maximum Gasteiger partial charge on any atom is 0.389 e. The van der Waals surface area contributed by atoms with Crippen molar-refractivity contribution in [3.05, 3.63) is 36.2 Å². The number of carbonyl (C=O) groups excluding carboxylic acids is 3. The standard InChI is InChI=1S/C27H35F3N6O3/c1-32-19(9-12-31)25(38)36-24(22(15-2-3-15)16-4-5-16)26(39)34-20-14-18(10-13-33-20)23(17-6-7-17)35-21(37)8-11-27(28,29)30/h9-10,12-17,22-24H,2-8,11,31H2,1H3,(H,35,37)(H,36,38)(H,33,34,39)/b12-9-,32-19?. The van der Waals surface area contributed by atoms with Gasteiger partial charge in [0.05, 0.1) is 12.5 Å². The zero-order chi connectivity index (χ0) is 28.2. The van der Waals surface area contributed by atoms with Crippen LogP contribution in [-0.2, 0) is 14.4 Å². The first-order valence-electron chi connectivity index (χ1n) is 13.4. The van der Waals surface area contributed by atoms with E-state index in [0.717, 1.165) is 38.5 Å². The van der Waals surface area contributed by atoms with Crippen LogP contribution in [0.5, 0.6) is 0 Å². The van der Waals surface area contributed by atoms with Crippen molar-refractivity contribution >= 4 is 29.3 Å². The number of anilines is 1. The number of pyridine rings is 1. The topological polar surface area (TPSA) is 139 Å². The van der Waals surface area contributed by atoms with E-state index in [2.05, 4.69) is 25.9 Å². The van der Waals surface area contributed by atoms with Gasteiger partial charge in [-0.3, -0.25) is 19.4 Å². The predicted molar refractivity (Wildman–Crippen MR) is 139 cm³/mol. The molecule has 3 saturated carbocycles. The Morgan fingerprint density at radius 2 is 1.74 bits per heavy atom. The van der Waals surface area contributed by atoms with Crippen molar-refractivity contribution in [3.63, 3.8) is 0 Å². The Labute approximate surface area is 225 Å². The van der Waals surface area contributed by atoms with Gasteiger partial charge in [0.1, 0.15) is 17.6 Å². The van der Waals surface area contributed by atoms with E-state index in [1.54, 1.807) is 12.1 Å². The van der Waals surface area contributed by atoms with Crippen LogP contribution in [0.1, 0.15) is 63.0 Å². The summed E-state index contributed by atoms with van der Waals surface area (Å²) in [6, 6.07) is 2.04. The van der Waals surface area contributed by atoms with Crippen molar-refractivity contribution < 1.29 is 27.6 Å². The third kappa shape index (κ3) is 8.27. The van der Waals surface area contributed by atoms with Gasteiger partial charge in [-0.05, 0) is 92.2 Å². The molecule has 9 nitrogen and oxygen atoms in total. The smallest absolute Gasteiger partial charge is 0.389 e. The van der Waals surface area contributed by atoms with Crippen LogP contribution < -0.4 is 21.7 Å². The lowest BCUT2D eigenvalue weighted by Gasteiger charge is -2.27. The lowest BCUT2D eigenvalue weighted by atomic mass is 9.88. The number of alkyl halides is 3. The Morgan fingerprint density at radius 1 is 1.10 bits per heavy atom. The van der Waals surface area contributed by atoms with Crippen molar-refractivity contribution in [1.82, 2.24) is 15.6 Å². The third-order valence-electron chi connectivity index (χ3n) is 7.45. The molecule has 0 bridgehead atoms. The predicted octanol–water partition coefficient (Wildman–Crippen LogP) is 3.39. The van der Waals surface area contributed by atoms with Crippen LogP contribution >= 0.6 is 0 Å². The van der Waals surface area contributed by atoms with Gasteiger partial charge >= 0.3 is 6.18 Å². The SMILES string of the molecule is CN=C(/C=C\N)C(=O)NC(C(=O)Nc1cc(C(NC(=O)CCC(F)(F)F)C2CC2)ccn1)C(C1CC1)C1CC1. The maximum absolute atomic E-state index is 13.6. The molecule has 0 spiro atoms. The first kappa shape index (κ1) is 28.6. The van der Waals surface area contributed by atoms with E-state index in [4.69, 9.17) is 5.73 Å². The number of hydrogen-bond donors (Lipinski definition) is 4. The number of aromatic nitrogens is 1. The van der Waals surface area contributed by atoms with Crippen molar-refractivity contribution in [2.45, 2.75) is 69.6 Å². The monoisotopic (exact) mass is 548 g/mol. The molecule has 0 radical (unpaired) electrons. The lowest BCUT2D eigenvalue weighted by Crippen LogP contribution is -2.51. The Bertz CT molecular complexity index is 1110. The zero-order valence-corrected chi connectivity index (χ0v) is 21.8. The summed E-state index contributed by atoms with van der Waals surface area (Å²) in [5.74, 6) is -0.533. The second-order valence-electron chi connectivity index (χ2n) is 10.6. The van der Waals surface area contributed by atoms with E-state index in [0.29, 0.717) is 17.4 Å². The Morgan fingerprint density at radius 3 is 2.28 bits per heavy atom. The van der Waals surface area contributed by atoms with E-state index in [1.807, 2.05) is 0 Å². The minimum atomic E-state index is -4.41. The normalized spacial score (nSPS) is 19.6. The van der Waals surface area contributed by atoms with Crippen molar-refractivity contribution in [3.8, 4) is 0 Å². The van der Waals surface area contributed by atoms with Crippen molar-refractivity contribution in [2.24, 2.45) is 34.4 Å². The second kappa shape index (κ2) is 12.2. The molecule has 3 aliphatic carbocycles. The van der Waals surface area contributed by atoms with Gasteiger partial charge in [-0.2, -0.15) is 13.2 Å². The molecule has 0 aromatic carbocycles. The number of aliphatic imine (C=N–C) groups is 1. The summed E-state index contributed by atoms with van der Waals surface area (Å²) in [4.78, 5) is 46.9. The van der Waals surface area contributed by atoms with Crippen LogP contribution in [0.15, 0.2) is 35.6 Å². The van der Waals surface area contributed by atoms with Gasteiger partial charge in [0, 0.05) is 19.7 Å². The van der Waals surface area contributed by atoms with E-state index >= 15 is 0 Å². The first-order chi connectivity index (χ1) is 18.6. The van der Waals surface area contributed by atoms with Gasteiger partial charge in [-0.1, -0.05) is 0 Å². The molecule has 2 unspecified atom stereocenters. The number of rotatable bonds is 13. The van der Waals surface area contributed by atoms with Gasteiger partial charge in [-0.15, -0.1) is 0 Å². The van der Waals surface area contributed by atoms with Crippen LogP contribution in [0.4, 0.5) is 19.0 Å². The molecule has 212 valence electrons. The van der Waals surface area contributed by atoms with E-state index in [9.17, 15) is 27.6 Å². The van der Waals surface area contributed by atoms with Crippen LogP contribution in [0, 0.1) is 23.7 Å². The number of hydrogen-bond acceptors (Lipinski definition) is 6. The fourth-order valence-electron chi connectivity index (χ4n) is 5.10. The number of carbonyl (C=O) groups is 3. The largest absolute Gasteiger partial charge is 0.405 e. The molecule has 39 heavy (non-hydrogen) atoms. The highest BCUT2D eigenvalue weighted by Crippen LogP contribution is 2.51. The minimum Gasteiger partial charge on any atom is -0.405 e. The number of nitrogens with zero attached hydrogens (tertiary/aromatic N) is 2. The number of nitrogens with two attached hydrogens (primary N) is 1. The molecule has 0 aliphatic heterocycles. The summed E-state index contributed by atoms with van der Waals surface area (Å²) < 4.78 is 37.7. The first-order valence-corrected chi connectivity index (χ1v) is 13.4. The number of amides is 3. The summed E-state index contributed by atoms with van der Waals surface area (Å²) in [5, 5.41) is 8.42. The van der Waals surface area contributed by atoms with E-state index in [1.165, 1.54) is 25.5 Å². The average Bonchev–Trinajstić information content (AvgIpc) is 3.74. The molecule has 3 aliphatic rings. The van der Waals surface area contributed by atoms with Gasteiger partial charge in [0.2, 0.25) is 11.8 Å². The highest BCUT2D eigenvalue weighted by molar-refractivity contribution is 6.43. The molecule has 2 atom stereocenters. The van der Waals surface area contributed by atoms with Gasteiger partial charge in [0.15, 0.2) is 0 Å². The van der Waals surface area contributed by atoms with Crippen molar-refractivity contribution in [1.29, 1.82) is 0 Å². The molecule has 5 N–H and O–H groups in total. The number of halogens is 3. The second-order valence-corrected chi connectivity index (χ2v) is 10.6. The zero-order valence-electron chi connectivity index (χ0n) is 21.8. The summed E-state index contributed by atoms with van der Waals surface area (Å²) in [5.41, 5.74) is 6.19. The molecule has 12 heteroatoms. The van der Waals surface area contributed by atoms with Gasteiger partial charge < -0.3 is 21.7 Å². The molecule has 1 aromatic rings. The molecule has 1 aromatic heterocycles. The fourth-order valence-corrected chi connectivity index (χ4v) is 5.10. The van der Waals surface area contributed by atoms with Crippen molar-refractivity contribution in [2.75, 3.05) is 12.4 Å². The molecular formula is C27H35F3N6O3. The summed E-state index contributed by atoms with van der Waals surface area (Å²) in [6.07, 6.45) is 3.53. The Kier molecular flexibility index (Phi) is 8.91. The molecule has 0 saturated heterocycles. The summed E-state index contributed by atoms with van der Waals surface area (Å²) >= 11 is 0. The highest BCUT2D eigenvalue weighted by atomic mass is 19.4. The van der Waals surface area contributed by atoms with Crippen LogP contribution in [0.25, 0.3) is 0 Å². The molecule has 4 rings (SSSR count). The quantitative estimate of drug-likeness (QED) is 0.280. The van der Waals surface area contributed by atoms with Crippen LogP contribution in [0.3, 0.4) is 0 Å². The molecule has 3 amide bonds. The van der Waals surface area contributed by atoms with Gasteiger partial charge in [-0.25, -0.2) is 4.98 Å². The van der Waals surface area contributed by atoms with Gasteiger partial charge in [0.25, 0.3) is 5.91 Å². The highest BCUT2D eigenvalue weighted by Gasteiger charge is 2.48. The summed E-state index contributed by atoms with van der Waals surface area (Å²) in [6.45, 7) is 0. The third-order valence-corrected chi connectivity index (χ3v) is 7.45. The van der Waals surface area contributed by atoms with E-state index in [-0.39, 0.29) is 23.4 Å².